The Morgan fingerprint density at radius 1 is 0.722 bits per heavy atom. The second-order valence-corrected chi connectivity index (χ2v) is 5.08. The Hall–Kier alpha value is -0.120. The minimum atomic E-state index is 0.140. The zero-order chi connectivity index (χ0) is 13.8. The van der Waals surface area contributed by atoms with Crippen LogP contribution in [0.15, 0.2) is 0 Å². The molecule has 0 aromatic carbocycles. The van der Waals surface area contributed by atoms with Gasteiger partial charge in [0, 0.05) is 6.61 Å². The number of ether oxygens (including phenoxy) is 3. The average molecular weight is 260 g/mol. The molecule has 0 N–H and O–H groups in total. The fourth-order valence-corrected chi connectivity index (χ4v) is 1.45. The van der Waals surface area contributed by atoms with Gasteiger partial charge in [0.25, 0.3) is 0 Å². The Labute approximate surface area is 113 Å². The second-order valence-electron chi connectivity index (χ2n) is 5.08. The molecule has 0 radical (unpaired) electrons. The topological polar surface area (TPSA) is 27.7 Å². The molecule has 3 nitrogen and oxygen atoms in total. The molecule has 3 atom stereocenters. The predicted octanol–water partition coefficient (Wildman–Crippen LogP) is 3.80. The molecular formula is C15H32O3. The molecule has 3 heteroatoms. The van der Waals surface area contributed by atoms with Crippen molar-refractivity contribution in [2.45, 2.75) is 78.6 Å². The molecule has 0 saturated heterocycles. The van der Waals surface area contributed by atoms with E-state index >= 15 is 0 Å². The maximum Gasteiger partial charge on any atom is 0.0781 e. The molecule has 0 aliphatic heterocycles. The fraction of sp³-hybridized carbons (Fsp3) is 1.00. The van der Waals surface area contributed by atoms with Gasteiger partial charge >= 0.3 is 0 Å². The van der Waals surface area contributed by atoms with Gasteiger partial charge in [-0.15, -0.1) is 0 Å². The minimum absolute atomic E-state index is 0.140. The van der Waals surface area contributed by atoms with Crippen LogP contribution in [0.4, 0.5) is 0 Å². The van der Waals surface area contributed by atoms with Crippen molar-refractivity contribution in [1.29, 1.82) is 0 Å². The van der Waals surface area contributed by atoms with Crippen LogP contribution in [0.3, 0.4) is 0 Å². The van der Waals surface area contributed by atoms with Crippen molar-refractivity contribution in [2.24, 2.45) is 0 Å². The van der Waals surface area contributed by atoms with Crippen LogP contribution in [0.1, 0.15) is 60.3 Å². The molecule has 0 spiro atoms. The monoisotopic (exact) mass is 260 g/mol. The summed E-state index contributed by atoms with van der Waals surface area (Å²) in [5.41, 5.74) is 0. The Kier molecular flexibility index (Phi) is 11.9. The number of rotatable bonds is 12. The van der Waals surface area contributed by atoms with Gasteiger partial charge in [0.1, 0.15) is 0 Å². The third-order valence-corrected chi connectivity index (χ3v) is 2.96. The molecule has 0 fully saturated rings. The van der Waals surface area contributed by atoms with Crippen LogP contribution in [-0.4, -0.2) is 38.1 Å². The SMILES string of the molecule is CCCCCOC(C)COC(C)COC(C)CC. The largest absolute Gasteiger partial charge is 0.376 e. The summed E-state index contributed by atoms with van der Waals surface area (Å²) in [5.74, 6) is 0. The van der Waals surface area contributed by atoms with E-state index in [0.29, 0.717) is 19.3 Å². The summed E-state index contributed by atoms with van der Waals surface area (Å²) in [4.78, 5) is 0. The zero-order valence-corrected chi connectivity index (χ0v) is 12.9. The quantitative estimate of drug-likeness (QED) is 0.499. The molecule has 3 unspecified atom stereocenters. The van der Waals surface area contributed by atoms with E-state index in [0.717, 1.165) is 19.4 Å². The third-order valence-electron chi connectivity index (χ3n) is 2.96. The van der Waals surface area contributed by atoms with Gasteiger partial charge in [0.2, 0.25) is 0 Å². The van der Waals surface area contributed by atoms with Gasteiger partial charge in [-0.25, -0.2) is 0 Å². The maximum atomic E-state index is 5.71. The van der Waals surface area contributed by atoms with Crippen molar-refractivity contribution in [3.8, 4) is 0 Å². The Balaban J connectivity index is 3.43. The summed E-state index contributed by atoms with van der Waals surface area (Å²) in [7, 11) is 0. The molecule has 0 saturated carbocycles. The van der Waals surface area contributed by atoms with Crippen molar-refractivity contribution in [1.82, 2.24) is 0 Å². The molecule has 0 aliphatic rings. The van der Waals surface area contributed by atoms with E-state index in [4.69, 9.17) is 14.2 Å². The van der Waals surface area contributed by atoms with Gasteiger partial charge in [-0.3, -0.25) is 0 Å². The Morgan fingerprint density at radius 3 is 1.83 bits per heavy atom. The normalized spacial score (nSPS) is 16.5. The van der Waals surface area contributed by atoms with E-state index in [1.807, 2.05) is 6.92 Å². The lowest BCUT2D eigenvalue weighted by atomic mass is 10.3. The van der Waals surface area contributed by atoms with Crippen LogP contribution < -0.4 is 0 Å². The lowest BCUT2D eigenvalue weighted by Gasteiger charge is -2.19. The van der Waals surface area contributed by atoms with Crippen molar-refractivity contribution in [3.05, 3.63) is 0 Å². The van der Waals surface area contributed by atoms with Gasteiger partial charge in [0.05, 0.1) is 31.5 Å². The average Bonchev–Trinajstić information content (AvgIpc) is 2.38. The molecule has 0 amide bonds. The first-order valence-electron chi connectivity index (χ1n) is 7.44. The summed E-state index contributed by atoms with van der Waals surface area (Å²) in [6.07, 6.45) is 5.30. The zero-order valence-electron chi connectivity index (χ0n) is 12.9. The molecular weight excluding hydrogens is 228 g/mol. The Morgan fingerprint density at radius 2 is 1.28 bits per heavy atom. The molecule has 110 valence electrons. The van der Waals surface area contributed by atoms with E-state index in [1.165, 1.54) is 12.8 Å². The summed E-state index contributed by atoms with van der Waals surface area (Å²) < 4.78 is 17.0. The molecule has 0 heterocycles. The first-order chi connectivity index (χ1) is 8.60. The molecule has 0 aliphatic carbocycles. The van der Waals surface area contributed by atoms with Gasteiger partial charge in [0.15, 0.2) is 0 Å². The van der Waals surface area contributed by atoms with Crippen LogP contribution in [0.2, 0.25) is 0 Å². The van der Waals surface area contributed by atoms with E-state index in [9.17, 15) is 0 Å². The molecule has 0 bridgehead atoms. The smallest absolute Gasteiger partial charge is 0.0781 e. The maximum absolute atomic E-state index is 5.71. The lowest BCUT2D eigenvalue weighted by Crippen LogP contribution is -2.25. The second kappa shape index (κ2) is 11.9. The number of hydrogen-bond donors (Lipinski definition) is 0. The highest BCUT2D eigenvalue weighted by atomic mass is 16.6. The first kappa shape index (κ1) is 17.9. The minimum Gasteiger partial charge on any atom is -0.376 e. The molecule has 0 aromatic heterocycles. The van der Waals surface area contributed by atoms with Gasteiger partial charge in [-0.05, 0) is 33.6 Å². The number of hydrogen-bond acceptors (Lipinski definition) is 3. The van der Waals surface area contributed by atoms with Gasteiger partial charge in [-0.2, -0.15) is 0 Å². The highest BCUT2D eigenvalue weighted by molar-refractivity contribution is 4.54. The molecule has 0 rings (SSSR count). The van der Waals surface area contributed by atoms with Crippen molar-refractivity contribution in [2.75, 3.05) is 19.8 Å². The van der Waals surface area contributed by atoms with E-state index in [1.54, 1.807) is 0 Å². The molecule has 0 aromatic rings. The van der Waals surface area contributed by atoms with Crippen LogP contribution >= 0.6 is 0 Å². The van der Waals surface area contributed by atoms with Crippen molar-refractivity contribution in [3.63, 3.8) is 0 Å². The van der Waals surface area contributed by atoms with Gasteiger partial charge < -0.3 is 14.2 Å². The highest BCUT2D eigenvalue weighted by Gasteiger charge is 2.08. The standard InChI is InChI=1S/C15H32O3/c1-6-8-9-10-16-14(4)11-18-15(5)12-17-13(3)7-2/h13-15H,6-12H2,1-5H3. The van der Waals surface area contributed by atoms with Crippen molar-refractivity contribution < 1.29 is 14.2 Å². The fourth-order valence-electron chi connectivity index (χ4n) is 1.45. The highest BCUT2D eigenvalue weighted by Crippen LogP contribution is 2.03. The summed E-state index contributed by atoms with van der Waals surface area (Å²) >= 11 is 0. The van der Waals surface area contributed by atoms with Crippen LogP contribution in [0.25, 0.3) is 0 Å². The van der Waals surface area contributed by atoms with E-state index in [-0.39, 0.29) is 12.2 Å². The first-order valence-corrected chi connectivity index (χ1v) is 7.44. The van der Waals surface area contributed by atoms with Crippen LogP contribution in [0, 0.1) is 0 Å². The predicted molar refractivity (Wildman–Crippen MR) is 76.1 cm³/mol. The third kappa shape index (κ3) is 11.0. The van der Waals surface area contributed by atoms with E-state index in [2.05, 4.69) is 27.7 Å². The van der Waals surface area contributed by atoms with Crippen molar-refractivity contribution >= 4 is 0 Å². The van der Waals surface area contributed by atoms with Crippen LogP contribution in [0.5, 0.6) is 0 Å². The van der Waals surface area contributed by atoms with Crippen LogP contribution in [-0.2, 0) is 14.2 Å². The summed E-state index contributed by atoms with van der Waals surface area (Å²) in [6, 6.07) is 0. The Bertz CT molecular complexity index is 173. The summed E-state index contributed by atoms with van der Waals surface area (Å²) in [6.45, 7) is 12.7. The number of unbranched alkanes of at least 4 members (excludes halogenated alkanes) is 2. The van der Waals surface area contributed by atoms with E-state index < -0.39 is 0 Å². The lowest BCUT2D eigenvalue weighted by molar-refractivity contribution is -0.0685. The van der Waals surface area contributed by atoms with Gasteiger partial charge in [-0.1, -0.05) is 26.7 Å². The molecule has 18 heavy (non-hydrogen) atoms. The summed E-state index contributed by atoms with van der Waals surface area (Å²) in [5, 5.41) is 0.